The number of hydrogen-bond donors (Lipinski definition) is 1. The van der Waals surface area contributed by atoms with Gasteiger partial charge in [-0.25, -0.2) is 8.42 Å². The molecule has 3 rings (SSSR count). The molecule has 0 radical (unpaired) electrons. The molecule has 0 spiro atoms. The van der Waals surface area contributed by atoms with Crippen molar-refractivity contribution in [3.8, 4) is 0 Å². The first-order valence-corrected chi connectivity index (χ1v) is 9.75. The average molecular weight is 336 g/mol. The second-order valence-electron chi connectivity index (χ2n) is 6.70. The van der Waals surface area contributed by atoms with E-state index in [1.807, 2.05) is 6.92 Å². The number of sulfonamides is 1. The van der Waals surface area contributed by atoms with Crippen LogP contribution in [0.15, 0.2) is 29.2 Å². The van der Waals surface area contributed by atoms with E-state index in [9.17, 15) is 13.2 Å². The lowest BCUT2D eigenvalue weighted by Crippen LogP contribution is -2.45. The summed E-state index contributed by atoms with van der Waals surface area (Å²) in [6, 6.07) is 6.89. The predicted molar refractivity (Wildman–Crippen MR) is 88.4 cm³/mol. The fourth-order valence-corrected chi connectivity index (χ4v) is 4.47. The number of carbonyl (C=O) groups excluding carboxylic acids is 1. The van der Waals surface area contributed by atoms with Crippen molar-refractivity contribution in [3.05, 3.63) is 29.8 Å². The van der Waals surface area contributed by atoms with E-state index in [0.29, 0.717) is 17.4 Å². The molecule has 1 saturated carbocycles. The van der Waals surface area contributed by atoms with Gasteiger partial charge in [-0.2, -0.15) is 4.31 Å². The van der Waals surface area contributed by atoms with Crippen molar-refractivity contribution in [1.29, 1.82) is 0 Å². The highest BCUT2D eigenvalue weighted by molar-refractivity contribution is 7.89. The quantitative estimate of drug-likeness (QED) is 0.893. The lowest BCUT2D eigenvalue weighted by molar-refractivity contribution is -0.126. The number of aryl methyl sites for hydroxylation is 1. The highest BCUT2D eigenvalue weighted by Crippen LogP contribution is 2.28. The maximum atomic E-state index is 12.7. The Kier molecular flexibility index (Phi) is 4.73. The van der Waals surface area contributed by atoms with E-state index in [-0.39, 0.29) is 18.4 Å². The number of benzene rings is 1. The number of carbonyl (C=O) groups is 1. The second-order valence-corrected chi connectivity index (χ2v) is 8.64. The molecule has 0 bridgehead atoms. The van der Waals surface area contributed by atoms with Crippen LogP contribution in [-0.4, -0.2) is 38.3 Å². The van der Waals surface area contributed by atoms with Crippen molar-refractivity contribution in [3.63, 3.8) is 0 Å². The third-order valence-electron chi connectivity index (χ3n) is 4.68. The standard InChI is InChI=1S/C17H24N2O3S/c1-13-4-8-16(9-5-13)23(21,22)19-10-2-3-15(12-19)17(20)18-11-14-6-7-14/h4-5,8-9,14-15H,2-3,6-7,10-12H2,1H3,(H,18,20). The summed E-state index contributed by atoms with van der Waals surface area (Å²) >= 11 is 0. The van der Waals surface area contributed by atoms with Crippen LogP contribution in [0.1, 0.15) is 31.2 Å². The van der Waals surface area contributed by atoms with Crippen molar-refractivity contribution in [2.75, 3.05) is 19.6 Å². The largest absolute Gasteiger partial charge is 0.356 e. The molecule has 5 nitrogen and oxygen atoms in total. The maximum Gasteiger partial charge on any atom is 0.243 e. The molecule has 1 aliphatic carbocycles. The third-order valence-corrected chi connectivity index (χ3v) is 6.55. The lowest BCUT2D eigenvalue weighted by atomic mass is 9.99. The Balaban J connectivity index is 1.66. The third kappa shape index (κ3) is 3.93. The number of amides is 1. The van der Waals surface area contributed by atoms with E-state index in [1.165, 1.54) is 17.1 Å². The Hall–Kier alpha value is -1.40. The normalized spacial score (nSPS) is 22.7. The molecule has 1 aromatic carbocycles. The molecular formula is C17H24N2O3S. The Morgan fingerprint density at radius 1 is 1.22 bits per heavy atom. The minimum Gasteiger partial charge on any atom is -0.356 e. The van der Waals surface area contributed by atoms with Crippen LogP contribution >= 0.6 is 0 Å². The Labute approximate surface area is 138 Å². The molecule has 1 aromatic rings. The van der Waals surface area contributed by atoms with Crippen LogP contribution in [0.3, 0.4) is 0 Å². The molecule has 0 aromatic heterocycles. The smallest absolute Gasteiger partial charge is 0.243 e. The van der Waals surface area contributed by atoms with Crippen molar-refractivity contribution >= 4 is 15.9 Å². The summed E-state index contributed by atoms with van der Waals surface area (Å²) < 4.78 is 26.9. The topological polar surface area (TPSA) is 66.5 Å². The van der Waals surface area contributed by atoms with Crippen molar-refractivity contribution in [2.24, 2.45) is 11.8 Å². The molecule has 1 atom stereocenters. The van der Waals surface area contributed by atoms with Gasteiger partial charge in [-0.3, -0.25) is 4.79 Å². The SMILES string of the molecule is Cc1ccc(S(=O)(=O)N2CCCC(C(=O)NCC3CC3)C2)cc1. The van der Waals surface area contributed by atoms with Gasteiger partial charge in [-0.1, -0.05) is 17.7 Å². The van der Waals surface area contributed by atoms with Gasteiger partial charge in [0.25, 0.3) is 0 Å². The molecule has 2 fully saturated rings. The number of piperidine rings is 1. The first-order valence-electron chi connectivity index (χ1n) is 8.31. The van der Waals surface area contributed by atoms with Gasteiger partial charge in [-0.15, -0.1) is 0 Å². The number of nitrogens with one attached hydrogen (secondary N) is 1. The zero-order valence-corrected chi connectivity index (χ0v) is 14.3. The fraction of sp³-hybridized carbons (Fsp3) is 0.588. The molecule has 1 N–H and O–H groups in total. The summed E-state index contributed by atoms with van der Waals surface area (Å²) in [6.45, 7) is 3.44. The van der Waals surface area contributed by atoms with Gasteiger partial charge in [-0.05, 0) is 50.7 Å². The van der Waals surface area contributed by atoms with Gasteiger partial charge in [0.1, 0.15) is 0 Å². The van der Waals surface area contributed by atoms with Gasteiger partial charge in [0, 0.05) is 19.6 Å². The van der Waals surface area contributed by atoms with Gasteiger partial charge in [0.2, 0.25) is 15.9 Å². The maximum absolute atomic E-state index is 12.7. The molecule has 2 aliphatic rings. The van der Waals surface area contributed by atoms with Crippen molar-refractivity contribution in [2.45, 2.75) is 37.5 Å². The average Bonchev–Trinajstić information content (AvgIpc) is 3.37. The van der Waals surface area contributed by atoms with Crippen LogP contribution in [0.4, 0.5) is 0 Å². The van der Waals surface area contributed by atoms with Gasteiger partial charge >= 0.3 is 0 Å². The first-order chi connectivity index (χ1) is 11.0. The lowest BCUT2D eigenvalue weighted by Gasteiger charge is -2.31. The zero-order chi connectivity index (χ0) is 16.4. The molecule has 1 amide bonds. The molecule has 23 heavy (non-hydrogen) atoms. The summed E-state index contributed by atoms with van der Waals surface area (Å²) in [5.41, 5.74) is 1.03. The van der Waals surface area contributed by atoms with Crippen LogP contribution in [0, 0.1) is 18.8 Å². The minimum atomic E-state index is -3.51. The number of nitrogens with zero attached hydrogens (tertiary/aromatic N) is 1. The predicted octanol–water partition coefficient (Wildman–Crippen LogP) is 1.92. The molecule has 1 saturated heterocycles. The van der Waals surface area contributed by atoms with Crippen LogP contribution in [0.25, 0.3) is 0 Å². The van der Waals surface area contributed by atoms with Crippen LogP contribution in [-0.2, 0) is 14.8 Å². The van der Waals surface area contributed by atoms with Gasteiger partial charge < -0.3 is 5.32 Å². The summed E-state index contributed by atoms with van der Waals surface area (Å²) in [5.74, 6) is 0.401. The van der Waals surface area contributed by atoms with Crippen LogP contribution < -0.4 is 5.32 Å². The number of rotatable bonds is 5. The van der Waals surface area contributed by atoms with E-state index < -0.39 is 10.0 Å². The van der Waals surface area contributed by atoms with E-state index in [1.54, 1.807) is 24.3 Å². The Morgan fingerprint density at radius 2 is 1.91 bits per heavy atom. The molecule has 1 aliphatic heterocycles. The molecule has 126 valence electrons. The van der Waals surface area contributed by atoms with Gasteiger partial charge in [0.15, 0.2) is 0 Å². The second kappa shape index (κ2) is 6.61. The zero-order valence-electron chi connectivity index (χ0n) is 13.5. The van der Waals surface area contributed by atoms with E-state index >= 15 is 0 Å². The van der Waals surface area contributed by atoms with E-state index in [0.717, 1.165) is 24.9 Å². The summed E-state index contributed by atoms with van der Waals surface area (Å²) in [6.07, 6.45) is 3.88. The van der Waals surface area contributed by atoms with Crippen molar-refractivity contribution in [1.82, 2.24) is 9.62 Å². The van der Waals surface area contributed by atoms with E-state index in [2.05, 4.69) is 5.32 Å². The highest BCUT2D eigenvalue weighted by atomic mass is 32.2. The minimum absolute atomic E-state index is 0.000654. The molecule has 6 heteroatoms. The van der Waals surface area contributed by atoms with Crippen LogP contribution in [0.5, 0.6) is 0 Å². The summed E-state index contributed by atoms with van der Waals surface area (Å²) in [4.78, 5) is 12.6. The summed E-state index contributed by atoms with van der Waals surface area (Å²) in [5, 5.41) is 2.97. The van der Waals surface area contributed by atoms with Crippen LogP contribution in [0.2, 0.25) is 0 Å². The highest BCUT2D eigenvalue weighted by Gasteiger charge is 2.33. The monoisotopic (exact) mass is 336 g/mol. The fourth-order valence-electron chi connectivity index (χ4n) is 2.95. The molecule has 1 unspecified atom stereocenters. The van der Waals surface area contributed by atoms with E-state index in [4.69, 9.17) is 0 Å². The van der Waals surface area contributed by atoms with Crippen molar-refractivity contribution < 1.29 is 13.2 Å². The number of hydrogen-bond acceptors (Lipinski definition) is 3. The van der Waals surface area contributed by atoms with Gasteiger partial charge in [0.05, 0.1) is 10.8 Å². The molecule has 1 heterocycles. The Morgan fingerprint density at radius 3 is 2.57 bits per heavy atom. The molecular weight excluding hydrogens is 312 g/mol. The Bertz CT molecular complexity index is 666. The first kappa shape index (κ1) is 16.5. The summed E-state index contributed by atoms with van der Waals surface area (Å²) in [7, 11) is -3.51.